The van der Waals surface area contributed by atoms with Gasteiger partial charge in [-0.05, 0) is 62.9 Å². The largest absolute Gasteiger partial charge is 0.370 e. The standard InChI is InChI=1S/C16H30N4/c1-2-20-10-3-5-14(20)11-18-15(17)19-12-16(8-4-9-16)13-6-7-13/h13-14H,2-12H2,1H3,(H3,17,18,19). The fourth-order valence-electron chi connectivity index (χ4n) is 4.09. The Morgan fingerprint density at radius 3 is 2.70 bits per heavy atom. The second kappa shape index (κ2) is 5.92. The van der Waals surface area contributed by atoms with Gasteiger partial charge in [-0.2, -0.15) is 0 Å². The van der Waals surface area contributed by atoms with Gasteiger partial charge in [0.1, 0.15) is 0 Å². The van der Waals surface area contributed by atoms with Gasteiger partial charge in [0.25, 0.3) is 0 Å². The SMILES string of the molecule is CCN1CCCC1CNC(N)=NCC1(C2CC2)CCC1. The molecule has 0 bridgehead atoms. The molecule has 1 atom stereocenters. The number of nitrogens with one attached hydrogen (secondary N) is 1. The number of likely N-dealkylation sites (tertiary alicyclic amines) is 1. The molecular formula is C16H30N4. The molecule has 0 amide bonds. The Morgan fingerprint density at radius 1 is 1.30 bits per heavy atom. The summed E-state index contributed by atoms with van der Waals surface area (Å²) < 4.78 is 0. The minimum atomic E-state index is 0.537. The number of nitrogens with two attached hydrogens (primary N) is 1. The Labute approximate surface area is 123 Å². The molecule has 0 radical (unpaired) electrons. The summed E-state index contributed by atoms with van der Waals surface area (Å²) in [6.45, 7) is 6.54. The number of hydrogen-bond acceptors (Lipinski definition) is 2. The third-order valence-electron chi connectivity index (χ3n) is 5.78. The maximum absolute atomic E-state index is 6.07. The molecule has 0 aromatic heterocycles. The summed E-state index contributed by atoms with van der Waals surface area (Å²) in [4.78, 5) is 7.20. The van der Waals surface area contributed by atoms with Crippen LogP contribution in [0.1, 0.15) is 51.9 Å². The van der Waals surface area contributed by atoms with Crippen LogP contribution in [-0.2, 0) is 0 Å². The number of guanidine groups is 1. The number of rotatable bonds is 6. The summed E-state index contributed by atoms with van der Waals surface area (Å²) in [5, 5.41) is 3.36. The summed E-state index contributed by atoms with van der Waals surface area (Å²) in [6.07, 6.45) is 9.61. The average Bonchev–Trinajstić information content (AvgIpc) is 3.14. The monoisotopic (exact) mass is 278 g/mol. The highest BCUT2D eigenvalue weighted by Crippen LogP contribution is 2.57. The van der Waals surface area contributed by atoms with Crippen molar-refractivity contribution >= 4 is 5.96 Å². The second-order valence-corrected chi connectivity index (χ2v) is 7.00. The van der Waals surface area contributed by atoms with Crippen molar-refractivity contribution in [3.63, 3.8) is 0 Å². The predicted octanol–water partition coefficient (Wildman–Crippen LogP) is 1.96. The molecule has 1 aliphatic heterocycles. The molecule has 3 rings (SSSR count). The van der Waals surface area contributed by atoms with Crippen molar-refractivity contribution in [1.82, 2.24) is 10.2 Å². The van der Waals surface area contributed by atoms with Gasteiger partial charge in [-0.15, -0.1) is 0 Å². The lowest BCUT2D eigenvalue weighted by atomic mass is 9.65. The summed E-state index contributed by atoms with van der Waals surface area (Å²) >= 11 is 0. The molecule has 4 nitrogen and oxygen atoms in total. The smallest absolute Gasteiger partial charge is 0.188 e. The lowest BCUT2D eigenvalue weighted by Crippen LogP contribution is -2.43. The maximum atomic E-state index is 6.07. The van der Waals surface area contributed by atoms with Gasteiger partial charge in [0, 0.05) is 19.1 Å². The molecule has 0 aromatic carbocycles. The van der Waals surface area contributed by atoms with Crippen molar-refractivity contribution in [2.24, 2.45) is 22.1 Å². The van der Waals surface area contributed by atoms with E-state index in [1.54, 1.807) is 0 Å². The van der Waals surface area contributed by atoms with Gasteiger partial charge >= 0.3 is 0 Å². The van der Waals surface area contributed by atoms with E-state index >= 15 is 0 Å². The molecule has 3 fully saturated rings. The number of likely N-dealkylation sites (N-methyl/N-ethyl adjacent to an activating group) is 1. The van der Waals surface area contributed by atoms with E-state index in [1.165, 1.54) is 51.5 Å². The van der Waals surface area contributed by atoms with Crippen LogP contribution in [0.4, 0.5) is 0 Å². The zero-order chi connectivity index (χ0) is 14.0. The highest BCUT2D eigenvalue weighted by Gasteiger charge is 2.48. The van der Waals surface area contributed by atoms with Gasteiger partial charge in [0.15, 0.2) is 5.96 Å². The molecule has 0 aromatic rings. The van der Waals surface area contributed by atoms with Crippen LogP contribution in [0.25, 0.3) is 0 Å². The van der Waals surface area contributed by atoms with E-state index in [2.05, 4.69) is 22.1 Å². The van der Waals surface area contributed by atoms with E-state index in [4.69, 9.17) is 5.73 Å². The number of hydrogen-bond donors (Lipinski definition) is 2. The minimum Gasteiger partial charge on any atom is -0.370 e. The molecule has 1 unspecified atom stereocenters. The van der Waals surface area contributed by atoms with Gasteiger partial charge in [-0.25, -0.2) is 0 Å². The first-order valence-electron chi connectivity index (χ1n) is 8.51. The van der Waals surface area contributed by atoms with E-state index < -0.39 is 0 Å². The predicted molar refractivity (Wildman–Crippen MR) is 83.8 cm³/mol. The Bertz CT molecular complexity index is 357. The van der Waals surface area contributed by atoms with E-state index in [-0.39, 0.29) is 0 Å². The maximum Gasteiger partial charge on any atom is 0.188 e. The van der Waals surface area contributed by atoms with Gasteiger partial charge in [0.2, 0.25) is 0 Å². The van der Waals surface area contributed by atoms with Crippen LogP contribution in [-0.4, -0.2) is 43.1 Å². The van der Waals surface area contributed by atoms with Crippen molar-refractivity contribution in [3.8, 4) is 0 Å². The van der Waals surface area contributed by atoms with Crippen LogP contribution < -0.4 is 11.1 Å². The van der Waals surface area contributed by atoms with Gasteiger partial charge in [0.05, 0.1) is 0 Å². The molecule has 4 heteroatoms. The quantitative estimate of drug-likeness (QED) is 0.577. The van der Waals surface area contributed by atoms with Crippen LogP contribution >= 0.6 is 0 Å². The first kappa shape index (κ1) is 14.2. The summed E-state index contributed by atoms with van der Waals surface area (Å²) in [5.41, 5.74) is 6.60. The molecule has 3 N–H and O–H groups in total. The zero-order valence-electron chi connectivity index (χ0n) is 12.9. The molecule has 0 spiro atoms. The summed E-state index contributed by atoms with van der Waals surface area (Å²) in [7, 11) is 0. The van der Waals surface area contributed by atoms with E-state index in [1.807, 2.05) is 0 Å². The Hall–Kier alpha value is -0.770. The highest BCUT2D eigenvalue weighted by atomic mass is 15.2. The average molecular weight is 278 g/mol. The van der Waals surface area contributed by atoms with E-state index in [0.29, 0.717) is 17.4 Å². The van der Waals surface area contributed by atoms with Crippen molar-refractivity contribution in [1.29, 1.82) is 0 Å². The minimum absolute atomic E-state index is 0.537. The lowest BCUT2D eigenvalue weighted by molar-refractivity contribution is 0.113. The summed E-state index contributed by atoms with van der Waals surface area (Å²) in [6, 6.07) is 0.648. The molecule has 114 valence electrons. The first-order chi connectivity index (χ1) is 9.73. The zero-order valence-corrected chi connectivity index (χ0v) is 12.9. The Balaban J connectivity index is 1.44. The molecule has 20 heavy (non-hydrogen) atoms. The topological polar surface area (TPSA) is 53.6 Å². The number of aliphatic imine (C=N–C) groups is 1. The third kappa shape index (κ3) is 2.95. The molecule has 3 aliphatic rings. The van der Waals surface area contributed by atoms with Crippen molar-refractivity contribution < 1.29 is 0 Å². The molecule has 1 heterocycles. The van der Waals surface area contributed by atoms with Crippen LogP contribution in [0.2, 0.25) is 0 Å². The van der Waals surface area contributed by atoms with Crippen molar-refractivity contribution in [2.45, 2.75) is 57.9 Å². The first-order valence-corrected chi connectivity index (χ1v) is 8.51. The Morgan fingerprint density at radius 2 is 2.10 bits per heavy atom. The summed E-state index contributed by atoms with van der Waals surface area (Å²) in [5.74, 6) is 1.62. The van der Waals surface area contributed by atoms with Crippen molar-refractivity contribution in [3.05, 3.63) is 0 Å². The van der Waals surface area contributed by atoms with E-state index in [9.17, 15) is 0 Å². The second-order valence-electron chi connectivity index (χ2n) is 7.00. The van der Waals surface area contributed by atoms with Crippen molar-refractivity contribution in [2.75, 3.05) is 26.2 Å². The fourth-order valence-corrected chi connectivity index (χ4v) is 4.09. The highest BCUT2D eigenvalue weighted by molar-refractivity contribution is 5.77. The fraction of sp³-hybridized carbons (Fsp3) is 0.938. The molecule has 1 saturated heterocycles. The van der Waals surface area contributed by atoms with Crippen LogP contribution in [0, 0.1) is 11.3 Å². The molecule has 2 aliphatic carbocycles. The van der Waals surface area contributed by atoms with Crippen LogP contribution in [0.15, 0.2) is 4.99 Å². The van der Waals surface area contributed by atoms with E-state index in [0.717, 1.165) is 25.6 Å². The number of nitrogens with zero attached hydrogens (tertiary/aromatic N) is 2. The van der Waals surface area contributed by atoms with Crippen LogP contribution in [0.5, 0.6) is 0 Å². The Kier molecular flexibility index (Phi) is 4.20. The third-order valence-corrected chi connectivity index (χ3v) is 5.78. The van der Waals surface area contributed by atoms with Gasteiger partial charge in [-0.3, -0.25) is 9.89 Å². The molecule has 2 saturated carbocycles. The molecular weight excluding hydrogens is 248 g/mol. The normalized spacial score (nSPS) is 30.2. The van der Waals surface area contributed by atoms with Crippen LogP contribution in [0.3, 0.4) is 0 Å². The van der Waals surface area contributed by atoms with Gasteiger partial charge < -0.3 is 11.1 Å². The van der Waals surface area contributed by atoms with Gasteiger partial charge in [-0.1, -0.05) is 13.3 Å². The lowest BCUT2D eigenvalue weighted by Gasteiger charge is -2.41.